The Bertz CT molecular complexity index is 381. The smallest absolute Gasteiger partial charge is 0.281 e. The zero-order chi connectivity index (χ0) is 10.9. The number of nitrogen functional groups attached to an aromatic ring is 1. The predicted octanol–water partition coefficient (Wildman–Crippen LogP) is 0.839. The highest BCUT2D eigenvalue weighted by molar-refractivity contribution is 5.94. The molecule has 0 radical (unpaired) electrons. The normalized spacial score (nSPS) is 10.6. The number of nitrogens with zero attached hydrogens (tertiary/aromatic N) is 1. The van der Waals surface area contributed by atoms with Crippen molar-refractivity contribution in [2.75, 3.05) is 5.73 Å². The fraction of sp³-hybridized carbons (Fsp3) is 0.143. The molecule has 1 aromatic heterocycles. The van der Waals surface area contributed by atoms with E-state index in [9.17, 15) is 18.0 Å². The average Bonchev–Trinajstić information content (AvgIpc) is 2.08. The number of pyridine rings is 1. The van der Waals surface area contributed by atoms with E-state index in [2.05, 4.69) is 4.98 Å². The maximum atomic E-state index is 12.7. The summed E-state index contributed by atoms with van der Waals surface area (Å²) in [6, 6.07) is 0.548. The lowest BCUT2D eigenvalue weighted by atomic mass is 10.2. The topological polar surface area (TPSA) is 82.0 Å². The number of hydrogen-bond donors (Lipinski definition) is 2. The summed E-state index contributed by atoms with van der Waals surface area (Å²) in [6.07, 6.45) is -3.03. The van der Waals surface area contributed by atoms with E-state index in [1.807, 2.05) is 0 Å². The lowest BCUT2D eigenvalue weighted by molar-refractivity contribution is 0.0982. The van der Waals surface area contributed by atoms with Crippen LogP contribution < -0.4 is 11.5 Å². The number of halogens is 3. The summed E-state index contributed by atoms with van der Waals surface area (Å²) >= 11 is 0. The van der Waals surface area contributed by atoms with Crippen LogP contribution in [-0.4, -0.2) is 10.9 Å². The summed E-state index contributed by atoms with van der Waals surface area (Å²) in [5, 5.41) is 0. The average molecular weight is 205 g/mol. The maximum Gasteiger partial charge on any atom is 0.281 e. The van der Waals surface area contributed by atoms with E-state index in [0.717, 1.165) is 0 Å². The lowest BCUT2D eigenvalue weighted by Crippen LogP contribution is -2.16. The summed E-state index contributed by atoms with van der Waals surface area (Å²) in [4.78, 5) is 13.7. The Balaban J connectivity index is 3.39. The molecule has 0 saturated carbocycles. The van der Waals surface area contributed by atoms with E-state index in [4.69, 9.17) is 11.5 Å². The van der Waals surface area contributed by atoms with Crippen molar-refractivity contribution in [3.05, 3.63) is 23.1 Å². The molecule has 0 bridgehead atoms. The molecule has 7 heteroatoms. The molecule has 4 nitrogen and oxygen atoms in total. The minimum absolute atomic E-state index is 0.548. The number of aromatic nitrogens is 1. The van der Waals surface area contributed by atoms with Crippen molar-refractivity contribution in [2.45, 2.75) is 6.43 Å². The van der Waals surface area contributed by atoms with Gasteiger partial charge in [-0.1, -0.05) is 0 Å². The number of hydrogen-bond acceptors (Lipinski definition) is 3. The van der Waals surface area contributed by atoms with Crippen LogP contribution >= 0.6 is 0 Å². The predicted molar refractivity (Wildman–Crippen MR) is 42.1 cm³/mol. The highest BCUT2D eigenvalue weighted by Crippen LogP contribution is 2.23. The van der Waals surface area contributed by atoms with Crippen molar-refractivity contribution in [2.24, 2.45) is 5.73 Å². The highest BCUT2D eigenvalue weighted by Gasteiger charge is 2.20. The molecule has 1 heterocycles. The highest BCUT2D eigenvalue weighted by atomic mass is 19.3. The van der Waals surface area contributed by atoms with Gasteiger partial charge in [0.25, 0.3) is 12.3 Å². The third-order valence-electron chi connectivity index (χ3n) is 1.50. The van der Waals surface area contributed by atoms with E-state index in [-0.39, 0.29) is 0 Å². The van der Waals surface area contributed by atoms with Crippen LogP contribution in [0.15, 0.2) is 6.07 Å². The number of alkyl halides is 2. The van der Waals surface area contributed by atoms with E-state index >= 15 is 0 Å². The summed E-state index contributed by atoms with van der Waals surface area (Å²) in [5.74, 6) is -2.92. The Morgan fingerprint density at radius 2 is 2.07 bits per heavy atom. The molecule has 0 aliphatic heterocycles. The molecule has 0 spiro atoms. The SMILES string of the molecule is NC(=O)c1cc(F)c(N)nc1C(F)F. The molecule has 1 aromatic rings. The Morgan fingerprint density at radius 1 is 1.50 bits per heavy atom. The van der Waals surface area contributed by atoms with E-state index in [0.29, 0.717) is 6.07 Å². The van der Waals surface area contributed by atoms with Crippen LogP contribution in [0.5, 0.6) is 0 Å². The Hall–Kier alpha value is -1.79. The van der Waals surface area contributed by atoms with Crippen molar-refractivity contribution in [3.63, 3.8) is 0 Å². The van der Waals surface area contributed by atoms with Crippen LogP contribution in [0.4, 0.5) is 19.0 Å². The van der Waals surface area contributed by atoms with E-state index in [1.54, 1.807) is 0 Å². The summed E-state index contributed by atoms with van der Waals surface area (Å²) < 4.78 is 37.2. The van der Waals surface area contributed by atoms with Gasteiger partial charge in [0.15, 0.2) is 11.6 Å². The monoisotopic (exact) mass is 205 g/mol. The first-order chi connectivity index (χ1) is 6.43. The molecule has 0 saturated heterocycles. The number of carbonyl (C=O) groups excluding carboxylic acids is 1. The third kappa shape index (κ3) is 1.76. The Labute approximate surface area is 76.7 Å². The maximum absolute atomic E-state index is 12.7. The second kappa shape index (κ2) is 3.52. The van der Waals surface area contributed by atoms with Gasteiger partial charge in [-0.3, -0.25) is 4.79 Å². The lowest BCUT2D eigenvalue weighted by Gasteiger charge is -2.06. The number of nitrogens with two attached hydrogens (primary N) is 2. The van der Waals surface area contributed by atoms with Gasteiger partial charge in [-0.05, 0) is 6.07 Å². The molecule has 0 aromatic carbocycles. The molecule has 0 aliphatic rings. The number of rotatable bonds is 2. The van der Waals surface area contributed by atoms with E-state index < -0.39 is 35.2 Å². The van der Waals surface area contributed by atoms with Gasteiger partial charge in [-0.25, -0.2) is 18.2 Å². The standard InChI is InChI=1S/C7H6F3N3O/c8-3-1-2(7(12)14)4(5(9)10)13-6(3)11/h1,5H,(H2,11,13)(H2,12,14). The minimum atomic E-state index is -3.03. The van der Waals surface area contributed by atoms with Gasteiger partial charge in [-0.2, -0.15) is 0 Å². The van der Waals surface area contributed by atoms with Gasteiger partial charge in [0.05, 0.1) is 5.56 Å². The molecule has 14 heavy (non-hydrogen) atoms. The van der Waals surface area contributed by atoms with Crippen molar-refractivity contribution in [3.8, 4) is 0 Å². The van der Waals surface area contributed by atoms with E-state index in [1.165, 1.54) is 0 Å². The number of amides is 1. The Kier molecular flexibility index (Phi) is 2.59. The second-order valence-electron chi connectivity index (χ2n) is 2.45. The second-order valence-corrected chi connectivity index (χ2v) is 2.45. The van der Waals surface area contributed by atoms with Gasteiger partial charge in [0.2, 0.25) is 0 Å². The zero-order valence-electron chi connectivity index (χ0n) is 6.80. The number of anilines is 1. The number of carbonyl (C=O) groups is 1. The number of primary amides is 1. The fourth-order valence-electron chi connectivity index (χ4n) is 0.882. The van der Waals surface area contributed by atoms with Crippen LogP contribution in [0.3, 0.4) is 0 Å². The molecule has 0 fully saturated rings. The molecule has 0 unspecified atom stereocenters. The fourth-order valence-corrected chi connectivity index (χ4v) is 0.882. The van der Waals surface area contributed by atoms with Crippen LogP contribution in [0.2, 0.25) is 0 Å². The molecule has 0 atom stereocenters. The van der Waals surface area contributed by atoms with Crippen LogP contribution in [-0.2, 0) is 0 Å². The van der Waals surface area contributed by atoms with Gasteiger partial charge < -0.3 is 11.5 Å². The molecule has 0 aliphatic carbocycles. The van der Waals surface area contributed by atoms with Crippen molar-refractivity contribution in [1.82, 2.24) is 4.98 Å². The summed E-state index contributed by atoms with van der Waals surface area (Å²) in [6.45, 7) is 0. The summed E-state index contributed by atoms with van der Waals surface area (Å²) in [5.41, 5.74) is 8.14. The van der Waals surface area contributed by atoms with Gasteiger partial charge in [-0.15, -0.1) is 0 Å². The molecule has 4 N–H and O–H groups in total. The zero-order valence-corrected chi connectivity index (χ0v) is 6.80. The molecule has 1 amide bonds. The quantitative estimate of drug-likeness (QED) is 0.750. The first-order valence-electron chi connectivity index (χ1n) is 3.47. The van der Waals surface area contributed by atoms with Gasteiger partial charge >= 0.3 is 0 Å². The van der Waals surface area contributed by atoms with Crippen molar-refractivity contribution in [1.29, 1.82) is 0 Å². The molecule has 76 valence electrons. The van der Waals surface area contributed by atoms with Crippen molar-refractivity contribution < 1.29 is 18.0 Å². The van der Waals surface area contributed by atoms with Crippen LogP contribution in [0.25, 0.3) is 0 Å². The first-order valence-corrected chi connectivity index (χ1v) is 3.47. The Morgan fingerprint density at radius 3 is 2.50 bits per heavy atom. The third-order valence-corrected chi connectivity index (χ3v) is 1.50. The molecular weight excluding hydrogens is 199 g/mol. The summed E-state index contributed by atoms with van der Waals surface area (Å²) in [7, 11) is 0. The molecule has 1 rings (SSSR count). The largest absolute Gasteiger partial charge is 0.381 e. The van der Waals surface area contributed by atoms with Gasteiger partial charge in [0, 0.05) is 0 Å². The van der Waals surface area contributed by atoms with Gasteiger partial charge in [0.1, 0.15) is 5.69 Å². The van der Waals surface area contributed by atoms with Crippen molar-refractivity contribution >= 4 is 11.7 Å². The van der Waals surface area contributed by atoms with Crippen LogP contribution in [0.1, 0.15) is 22.5 Å². The first kappa shape index (κ1) is 10.3. The molecular formula is C7H6F3N3O. The minimum Gasteiger partial charge on any atom is -0.381 e. The van der Waals surface area contributed by atoms with Crippen LogP contribution in [0, 0.1) is 5.82 Å².